The van der Waals surface area contributed by atoms with E-state index in [1.54, 1.807) is 35.4 Å². The van der Waals surface area contributed by atoms with Crippen molar-refractivity contribution in [2.75, 3.05) is 19.3 Å². The molecule has 0 aliphatic carbocycles. The minimum absolute atomic E-state index is 0.000251. The Morgan fingerprint density at radius 3 is 2.24 bits per heavy atom. The molecule has 3 rings (SSSR count). The van der Waals surface area contributed by atoms with Gasteiger partial charge in [-0.25, -0.2) is 13.2 Å². The monoisotopic (exact) mass is 488 g/mol. The molecule has 0 N–H and O–H groups in total. The largest absolute Gasteiger partial charge is 0.489 e. The lowest BCUT2D eigenvalue weighted by atomic mass is 9.92. The third-order valence-electron chi connectivity index (χ3n) is 6.20. The number of benzene rings is 1. The molecule has 1 fully saturated rings. The molecule has 1 aliphatic rings. The Morgan fingerprint density at radius 1 is 1.06 bits per heavy atom. The number of pyridine rings is 1. The van der Waals surface area contributed by atoms with Crippen LogP contribution in [0.2, 0.25) is 0 Å². The first kappa shape index (κ1) is 26.0. The molecule has 1 amide bonds. The minimum Gasteiger partial charge on any atom is -0.489 e. The van der Waals surface area contributed by atoms with Crippen LogP contribution in [0.5, 0.6) is 5.75 Å². The number of piperidine rings is 1. The first-order chi connectivity index (χ1) is 16.0. The van der Waals surface area contributed by atoms with Crippen molar-refractivity contribution in [3.8, 4) is 17.0 Å². The third-order valence-corrected chi connectivity index (χ3v) is 7.33. The fourth-order valence-electron chi connectivity index (χ4n) is 4.31. The number of ether oxygens (including phenoxy) is 2. The molecule has 1 aliphatic heterocycles. The molecule has 2 heterocycles. The molecule has 1 aromatic carbocycles. The summed E-state index contributed by atoms with van der Waals surface area (Å²) in [7, 11) is -3.22. The van der Waals surface area contributed by atoms with Crippen LogP contribution in [0.25, 0.3) is 11.3 Å². The van der Waals surface area contributed by atoms with Gasteiger partial charge in [0.25, 0.3) is 0 Å². The number of aromatic nitrogens is 1. The molecule has 2 atom stereocenters. The van der Waals surface area contributed by atoms with Gasteiger partial charge in [0.05, 0.1) is 22.9 Å². The van der Waals surface area contributed by atoms with Gasteiger partial charge < -0.3 is 14.4 Å². The van der Waals surface area contributed by atoms with E-state index < -0.39 is 9.84 Å². The van der Waals surface area contributed by atoms with Crippen LogP contribution in [0.3, 0.4) is 0 Å². The lowest BCUT2D eigenvalue weighted by Crippen LogP contribution is -2.42. The molecule has 2 aromatic rings. The van der Waals surface area contributed by atoms with Crippen molar-refractivity contribution >= 4 is 15.9 Å². The molecular formula is C26H36N2O5S. The molecule has 7 nitrogen and oxygen atoms in total. The van der Waals surface area contributed by atoms with Crippen LogP contribution in [0, 0.1) is 11.8 Å². The number of carbonyl (C=O) groups is 1. The SMILES string of the molecule is CC(C)CC(C)OC(=O)N1CCC(C(C)Oc2ccc(-c3ccc(S(C)(=O)=O)cc3)nc2)CC1. The zero-order chi connectivity index (χ0) is 24.9. The smallest absolute Gasteiger partial charge is 0.410 e. The van der Waals surface area contributed by atoms with Crippen molar-refractivity contribution in [1.29, 1.82) is 0 Å². The molecule has 0 bridgehead atoms. The molecule has 1 aromatic heterocycles. The van der Waals surface area contributed by atoms with E-state index in [-0.39, 0.29) is 23.2 Å². The number of hydrogen-bond acceptors (Lipinski definition) is 6. The standard InChI is InChI=1S/C26H36N2O5S/c1-18(2)16-19(3)32-26(29)28-14-12-21(13-15-28)20(4)33-23-8-11-25(27-17-23)22-6-9-24(10-7-22)34(5,30)31/h6-11,17-21H,12-16H2,1-5H3. The Balaban J connectivity index is 1.50. The Kier molecular flexibility index (Phi) is 8.57. The Hall–Kier alpha value is -2.61. The number of nitrogens with zero attached hydrogens (tertiary/aromatic N) is 2. The van der Waals surface area contributed by atoms with Crippen LogP contribution in [0.4, 0.5) is 4.79 Å². The maximum Gasteiger partial charge on any atom is 0.410 e. The zero-order valence-corrected chi connectivity index (χ0v) is 21.5. The summed E-state index contributed by atoms with van der Waals surface area (Å²) in [5.41, 5.74) is 1.59. The van der Waals surface area contributed by atoms with Gasteiger partial charge in [-0.05, 0) is 69.2 Å². The highest BCUT2D eigenvalue weighted by atomic mass is 32.2. The molecule has 1 saturated heterocycles. The highest BCUT2D eigenvalue weighted by Crippen LogP contribution is 2.26. The third kappa shape index (κ3) is 7.19. The Bertz CT molecular complexity index is 1040. The molecule has 8 heteroatoms. The van der Waals surface area contributed by atoms with Crippen molar-refractivity contribution in [3.63, 3.8) is 0 Å². The predicted molar refractivity (Wildman–Crippen MR) is 133 cm³/mol. The average Bonchev–Trinajstić information content (AvgIpc) is 2.78. The van der Waals surface area contributed by atoms with Gasteiger partial charge in [-0.2, -0.15) is 0 Å². The number of hydrogen-bond donors (Lipinski definition) is 0. The molecule has 0 saturated carbocycles. The van der Waals surface area contributed by atoms with E-state index in [2.05, 4.69) is 25.8 Å². The van der Waals surface area contributed by atoms with Gasteiger partial charge in [-0.1, -0.05) is 26.0 Å². The van der Waals surface area contributed by atoms with Gasteiger partial charge in [0.2, 0.25) is 0 Å². The summed E-state index contributed by atoms with van der Waals surface area (Å²) in [5, 5.41) is 0. The number of amides is 1. The van der Waals surface area contributed by atoms with Gasteiger partial charge >= 0.3 is 6.09 Å². The van der Waals surface area contributed by atoms with Crippen LogP contribution in [0.1, 0.15) is 47.0 Å². The first-order valence-electron chi connectivity index (χ1n) is 11.9. The average molecular weight is 489 g/mol. The van der Waals surface area contributed by atoms with Gasteiger partial charge in [0, 0.05) is 24.9 Å². The Labute approximate surface area is 203 Å². The number of carbonyl (C=O) groups excluding carboxylic acids is 1. The second-order valence-corrected chi connectivity index (χ2v) is 11.7. The summed E-state index contributed by atoms with van der Waals surface area (Å²) in [4.78, 5) is 19.0. The first-order valence-corrected chi connectivity index (χ1v) is 13.8. The summed E-state index contributed by atoms with van der Waals surface area (Å²) in [5.74, 6) is 1.53. The van der Waals surface area contributed by atoms with E-state index in [1.807, 2.05) is 19.1 Å². The normalized spacial score (nSPS) is 16.8. The van der Waals surface area contributed by atoms with Gasteiger partial charge in [-0.3, -0.25) is 4.98 Å². The van der Waals surface area contributed by atoms with E-state index in [4.69, 9.17) is 9.47 Å². The lowest BCUT2D eigenvalue weighted by Gasteiger charge is -2.34. The van der Waals surface area contributed by atoms with Gasteiger partial charge in [0.15, 0.2) is 9.84 Å². The second-order valence-electron chi connectivity index (χ2n) is 9.65. The summed E-state index contributed by atoms with van der Waals surface area (Å²) in [6, 6.07) is 10.4. The van der Waals surface area contributed by atoms with Gasteiger partial charge in [0.1, 0.15) is 11.9 Å². The molecule has 34 heavy (non-hydrogen) atoms. The van der Waals surface area contributed by atoms with Crippen molar-refractivity contribution in [1.82, 2.24) is 9.88 Å². The van der Waals surface area contributed by atoms with Crippen LogP contribution >= 0.6 is 0 Å². The van der Waals surface area contributed by atoms with Crippen molar-refractivity contribution in [2.45, 2.75) is 64.1 Å². The van der Waals surface area contributed by atoms with E-state index in [0.29, 0.717) is 30.7 Å². The molecule has 0 radical (unpaired) electrons. The maximum atomic E-state index is 12.4. The topological polar surface area (TPSA) is 85.8 Å². The van der Waals surface area contributed by atoms with Crippen molar-refractivity contribution < 1.29 is 22.7 Å². The van der Waals surface area contributed by atoms with Crippen molar-refractivity contribution in [2.24, 2.45) is 11.8 Å². The number of rotatable bonds is 8. The second kappa shape index (κ2) is 11.2. The van der Waals surface area contributed by atoms with E-state index in [1.165, 1.54) is 6.26 Å². The summed E-state index contributed by atoms with van der Waals surface area (Å²) in [6.07, 6.45) is 5.20. The summed E-state index contributed by atoms with van der Waals surface area (Å²) < 4.78 is 35.0. The van der Waals surface area contributed by atoms with Crippen LogP contribution in [0.15, 0.2) is 47.5 Å². The lowest BCUT2D eigenvalue weighted by molar-refractivity contribution is 0.0399. The number of sulfone groups is 1. The highest BCUT2D eigenvalue weighted by Gasteiger charge is 2.29. The molecule has 0 spiro atoms. The fourth-order valence-corrected chi connectivity index (χ4v) is 4.95. The van der Waals surface area contributed by atoms with Gasteiger partial charge in [-0.15, -0.1) is 0 Å². The minimum atomic E-state index is -3.22. The molecule has 2 unspecified atom stereocenters. The maximum absolute atomic E-state index is 12.4. The summed E-state index contributed by atoms with van der Waals surface area (Å²) in [6.45, 7) is 9.60. The fraction of sp³-hybridized carbons (Fsp3) is 0.538. The molecular weight excluding hydrogens is 452 g/mol. The van der Waals surface area contributed by atoms with Crippen LogP contribution in [-0.2, 0) is 14.6 Å². The quantitative estimate of drug-likeness (QED) is 0.507. The summed E-state index contributed by atoms with van der Waals surface area (Å²) >= 11 is 0. The van der Waals surface area contributed by atoms with Crippen molar-refractivity contribution in [3.05, 3.63) is 42.6 Å². The highest BCUT2D eigenvalue weighted by molar-refractivity contribution is 7.90. The predicted octanol–water partition coefficient (Wildman–Crippen LogP) is 5.20. The van der Waals surface area contributed by atoms with E-state index in [0.717, 1.165) is 30.5 Å². The van der Waals surface area contributed by atoms with Crippen LogP contribution in [-0.4, -0.2) is 55.9 Å². The zero-order valence-electron chi connectivity index (χ0n) is 20.7. The van der Waals surface area contributed by atoms with Crippen LogP contribution < -0.4 is 4.74 Å². The van der Waals surface area contributed by atoms with E-state index >= 15 is 0 Å². The number of likely N-dealkylation sites (tertiary alicyclic amines) is 1. The molecule has 186 valence electrons. The van der Waals surface area contributed by atoms with E-state index in [9.17, 15) is 13.2 Å². The Morgan fingerprint density at radius 2 is 1.71 bits per heavy atom.